The number of rotatable bonds is 8. The molecule has 3 aromatic rings. The molecule has 0 aliphatic carbocycles. The highest BCUT2D eigenvalue weighted by molar-refractivity contribution is 7.90. The van der Waals surface area contributed by atoms with Gasteiger partial charge in [-0.25, -0.2) is 25.9 Å². The molecular weight excluding hydrogens is 535 g/mol. The van der Waals surface area contributed by atoms with E-state index in [4.69, 9.17) is 11.6 Å². The second-order valence-electron chi connectivity index (χ2n) is 8.16. The van der Waals surface area contributed by atoms with Gasteiger partial charge in [0.1, 0.15) is 11.9 Å². The summed E-state index contributed by atoms with van der Waals surface area (Å²) in [5.41, 5.74) is 0.709. The molecule has 0 spiro atoms. The Hall–Kier alpha value is -2.31. The largest absolute Gasteiger partial charge is 0.308 e. The maximum atomic E-state index is 15.1. The second-order valence-corrected chi connectivity index (χ2v) is 13.8. The molecule has 0 saturated carbocycles. The molecule has 0 radical (unpaired) electrons. The lowest BCUT2D eigenvalue weighted by molar-refractivity contribution is -0.118. The van der Waals surface area contributed by atoms with Crippen molar-refractivity contribution >= 4 is 54.4 Å². The number of carbonyl (C=O) groups is 1. The van der Waals surface area contributed by atoms with E-state index in [1.807, 2.05) is 0 Å². The zero-order valence-corrected chi connectivity index (χ0v) is 21.8. The number of aryl methyl sites for hydroxylation is 1. The van der Waals surface area contributed by atoms with Crippen molar-refractivity contribution in [1.29, 1.82) is 0 Å². The molecule has 1 aliphatic rings. The zero-order chi connectivity index (χ0) is 25.4. The minimum atomic E-state index is -3.75. The Morgan fingerprint density at radius 1 is 1.11 bits per heavy atom. The standard InChI is InChI=1S/C23H22ClFN2O5S3/c1-34(29,30)21-5-3-2-4-17(21)15-6-8-20(18(25)14-15)27-12-10-19(23(27)28)26-35(31,32)13-11-16-7-9-22(24)33-16/h2-9,14,19,26H,10-13H2,1H3/t19-/m0/s1. The van der Waals surface area contributed by atoms with E-state index in [1.54, 1.807) is 36.4 Å². The van der Waals surface area contributed by atoms with Crippen LogP contribution in [-0.4, -0.2) is 47.3 Å². The van der Waals surface area contributed by atoms with Gasteiger partial charge in [-0.05, 0) is 48.7 Å². The third-order valence-electron chi connectivity index (χ3n) is 5.61. The van der Waals surface area contributed by atoms with Gasteiger partial charge in [0.2, 0.25) is 15.9 Å². The van der Waals surface area contributed by atoms with Gasteiger partial charge in [0.25, 0.3) is 0 Å². The summed E-state index contributed by atoms with van der Waals surface area (Å²) in [5, 5.41) is 0. The average molecular weight is 557 g/mol. The van der Waals surface area contributed by atoms with E-state index in [9.17, 15) is 21.6 Å². The number of hydrogen-bond donors (Lipinski definition) is 1. The molecule has 4 rings (SSSR count). The van der Waals surface area contributed by atoms with E-state index in [2.05, 4.69) is 4.72 Å². The van der Waals surface area contributed by atoms with E-state index in [0.29, 0.717) is 15.5 Å². The highest BCUT2D eigenvalue weighted by Gasteiger charge is 2.36. The first-order valence-electron chi connectivity index (χ1n) is 10.6. The molecule has 7 nitrogen and oxygen atoms in total. The summed E-state index contributed by atoms with van der Waals surface area (Å²) in [7, 11) is -7.28. The fourth-order valence-electron chi connectivity index (χ4n) is 3.95. The first-order chi connectivity index (χ1) is 16.4. The van der Waals surface area contributed by atoms with Crippen LogP contribution in [0.5, 0.6) is 0 Å². The number of benzene rings is 2. The average Bonchev–Trinajstić information content (AvgIpc) is 3.37. The minimum Gasteiger partial charge on any atom is -0.308 e. The van der Waals surface area contributed by atoms with Crippen molar-refractivity contribution in [3.63, 3.8) is 0 Å². The number of halogens is 2. The molecular formula is C23H22ClFN2O5S3. The molecule has 1 aliphatic heterocycles. The van der Waals surface area contributed by atoms with Crippen LogP contribution in [0, 0.1) is 5.82 Å². The van der Waals surface area contributed by atoms with Gasteiger partial charge in [-0.15, -0.1) is 11.3 Å². The molecule has 0 unspecified atom stereocenters. The summed E-state index contributed by atoms with van der Waals surface area (Å²) in [6, 6.07) is 12.9. The Kier molecular flexibility index (Phi) is 7.35. The molecule has 1 atom stereocenters. The Morgan fingerprint density at radius 2 is 1.86 bits per heavy atom. The predicted octanol–water partition coefficient (Wildman–Crippen LogP) is 3.88. The Balaban J connectivity index is 1.49. The maximum absolute atomic E-state index is 15.1. The fourth-order valence-corrected chi connectivity index (χ4v) is 7.33. The van der Waals surface area contributed by atoms with Crippen molar-refractivity contribution in [3.8, 4) is 11.1 Å². The van der Waals surface area contributed by atoms with Gasteiger partial charge in [0.05, 0.1) is 20.7 Å². The van der Waals surface area contributed by atoms with Crippen LogP contribution >= 0.6 is 22.9 Å². The summed E-state index contributed by atoms with van der Waals surface area (Å²) in [5.74, 6) is -1.45. The third-order valence-corrected chi connectivity index (χ3v) is 9.44. The van der Waals surface area contributed by atoms with Crippen molar-refractivity contribution in [2.24, 2.45) is 0 Å². The van der Waals surface area contributed by atoms with Crippen LogP contribution in [0.15, 0.2) is 59.5 Å². The maximum Gasteiger partial charge on any atom is 0.245 e. The van der Waals surface area contributed by atoms with Crippen LogP contribution in [0.4, 0.5) is 10.1 Å². The lowest BCUT2D eigenvalue weighted by Gasteiger charge is -2.19. The van der Waals surface area contributed by atoms with Gasteiger partial charge in [0.15, 0.2) is 9.84 Å². The molecule has 1 aromatic heterocycles. The molecule has 0 bridgehead atoms. The zero-order valence-electron chi connectivity index (χ0n) is 18.6. The first-order valence-corrected chi connectivity index (χ1v) is 15.3. The highest BCUT2D eigenvalue weighted by atomic mass is 35.5. The number of carbonyl (C=O) groups excluding carboxylic acids is 1. The number of nitrogens with one attached hydrogen (secondary N) is 1. The van der Waals surface area contributed by atoms with Crippen molar-refractivity contribution in [2.45, 2.75) is 23.8 Å². The smallest absolute Gasteiger partial charge is 0.245 e. The third kappa shape index (κ3) is 5.92. The van der Waals surface area contributed by atoms with Crippen molar-refractivity contribution in [1.82, 2.24) is 4.72 Å². The Labute approximate surface area is 212 Å². The van der Waals surface area contributed by atoms with E-state index in [0.717, 1.165) is 11.1 Å². The van der Waals surface area contributed by atoms with E-state index in [1.165, 1.54) is 34.4 Å². The van der Waals surface area contributed by atoms with Crippen molar-refractivity contribution in [3.05, 3.63) is 69.6 Å². The van der Waals surface area contributed by atoms with Crippen molar-refractivity contribution in [2.75, 3.05) is 23.5 Å². The monoisotopic (exact) mass is 556 g/mol. The minimum absolute atomic E-state index is 0.00510. The van der Waals surface area contributed by atoms with E-state index in [-0.39, 0.29) is 35.7 Å². The molecule has 1 N–H and O–H groups in total. The van der Waals surface area contributed by atoms with Crippen LogP contribution < -0.4 is 9.62 Å². The van der Waals surface area contributed by atoms with Crippen LogP contribution in [0.3, 0.4) is 0 Å². The number of hydrogen-bond acceptors (Lipinski definition) is 6. The van der Waals surface area contributed by atoms with Crippen molar-refractivity contribution < 1.29 is 26.0 Å². The van der Waals surface area contributed by atoms with Crippen LogP contribution in [0.25, 0.3) is 11.1 Å². The van der Waals surface area contributed by atoms with Crippen LogP contribution in [0.2, 0.25) is 4.34 Å². The highest BCUT2D eigenvalue weighted by Crippen LogP contribution is 2.32. The fraction of sp³-hybridized carbons (Fsp3) is 0.261. The Morgan fingerprint density at radius 3 is 2.51 bits per heavy atom. The van der Waals surface area contributed by atoms with Gasteiger partial charge in [0, 0.05) is 23.2 Å². The summed E-state index contributed by atoms with van der Waals surface area (Å²) in [4.78, 5) is 15.0. The molecule has 186 valence electrons. The molecule has 1 amide bonds. The molecule has 1 saturated heterocycles. The molecule has 1 fully saturated rings. The first kappa shape index (κ1) is 25.8. The SMILES string of the molecule is CS(=O)(=O)c1ccccc1-c1ccc(N2CC[C@H](NS(=O)(=O)CCc3ccc(Cl)s3)C2=O)c(F)c1. The number of thiophene rings is 1. The lowest BCUT2D eigenvalue weighted by Crippen LogP contribution is -2.42. The Bertz CT molecular complexity index is 1490. The number of sulfonamides is 1. The van der Waals surface area contributed by atoms with Gasteiger partial charge in [-0.2, -0.15) is 0 Å². The number of sulfone groups is 1. The predicted molar refractivity (Wildman–Crippen MR) is 136 cm³/mol. The molecule has 2 heterocycles. The van der Waals surface area contributed by atoms with E-state index < -0.39 is 37.6 Å². The number of nitrogens with zero attached hydrogens (tertiary/aromatic N) is 1. The summed E-state index contributed by atoms with van der Waals surface area (Å²) < 4.78 is 67.3. The summed E-state index contributed by atoms with van der Waals surface area (Å²) >= 11 is 7.17. The van der Waals surface area contributed by atoms with Crippen LogP contribution in [-0.2, 0) is 31.1 Å². The molecule has 35 heavy (non-hydrogen) atoms. The second kappa shape index (κ2) is 9.98. The van der Waals surface area contributed by atoms with Gasteiger partial charge < -0.3 is 4.90 Å². The van der Waals surface area contributed by atoms with Gasteiger partial charge in [-0.1, -0.05) is 35.9 Å². The molecule has 2 aromatic carbocycles. The normalized spacial score (nSPS) is 16.7. The summed E-state index contributed by atoms with van der Waals surface area (Å²) in [6.07, 6.45) is 1.54. The van der Waals surface area contributed by atoms with Gasteiger partial charge >= 0.3 is 0 Å². The van der Waals surface area contributed by atoms with Gasteiger partial charge in [-0.3, -0.25) is 4.79 Å². The number of anilines is 1. The topological polar surface area (TPSA) is 101 Å². The quantitative estimate of drug-likeness (QED) is 0.454. The number of amides is 1. The molecule has 12 heteroatoms. The van der Waals surface area contributed by atoms with E-state index >= 15 is 4.39 Å². The van der Waals surface area contributed by atoms with Crippen LogP contribution in [0.1, 0.15) is 11.3 Å². The lowest BCUT2D eigenvalue weighted by atomic mass is 10.0. The summed E-state index contributed by atoms with van der Waals surface area (Å²) in [6.45, 7) is 0.142.